The van der Waals surface area contributed by atoms with E-state index in [1.165, 1.54) is 5.52 Å². The van der Waals surface area contributed by atoms with Crippen molar-refractivity contribution in [3.8, 4) is 0 Å². The number of aryl methyl sites for hydroxylation is 2. The number of ketones is 1. The first-order chi connectivity index (χ1) is 9.26. The van der Waals surface area contributed by atoms with Gasteiger partial charge in [-0.1, -0.05) is 26.0 Å². The van der Waals surface area contributed by atoms with Gasteiger partial charge in [0, 0.05) is 25.8 Å². The van der Waals surface area contributed by atoms with Gasteiger partial charge in [0.2, 0.25) is 0 Å². The fraction of sp³-hybridized carbons (Fsp3) is 0.500. The van der Waals surface area contributed by atoms with Crippen molar-refractivity contribution >= 4 is 16.8 Å². The van der Waals surface area contributed by atoms with Crippen LogP contribution < -0.4 is 0 Å². The van der Waals surface area contributed by atoms with E-state index in [4.69, 9.17) is 4.98 Å². The van der Waals surface area contributed by atoms with Crippen LogP contribution in [0.3, 0.4) is 0 Å². The molecule has 3 heteroatoms. The Morgan fingerprint density at radius 1 is 1.26 bits per heavy atom. The summed E-state index contributed by atoms with van der Waals surface area (Å²) in [5.41, 5.74) is 2.25. The fourth-order valence-electron chi connectivity index (χ4n) is 2.40. The minimum atomic E-state index is 0.349. The quantitative estimate of drug-likeness (QED) is 0.758. The normalized spacial score (nSPS) is 11.1. The van der Waals surface area contributed by atoms with E-state index in [2.05, 4.69) is 23.6 Å². The number of aromatic nitrogens is 2. The van der Waals surface area contributed by atoms with Crippen molar-refractivity contribution < 1.29 is 4.79 Å². The van der Waals surface area contributed by atoms with Gasteiger partial charge in [-0.15, -0.1) is 0 Å². The fourth-order valence-corrected chi connectivity index (χ4v) is 2.40. The predicted octanol–water partition coefficient (Wildman–Crippen LogP) is 3.75. The summed E-state index contributed by atoms with van der Waals surface area (Å²) in [6.07, 6.45) is 4.32. The average Bonchev–Trinajstić information content (AvgIpc) is 2.77. The van der Waals surface area contributed by atoms with Crippen LogP contribution in [-0.4, -0.2) is 15.3 Å². The van der Waals surface area contributed by atoms with Crippen LogP contribution in [0.25, 0.3) is 11.0 Å². The second-order valence-corrected chi connectivity index (χ2v) is 4.91. The van der Waals surface area contributed by atoms with Gasteiger partial charge in [-0.3, -0.25) is 4.79 Å². The van der Waals surface area contributed by atoms with Crippen LogP contribution in [-0.2, 0) is 17.8 Å². The van der Waals surface area contributed by atoms with Crippen molar-refractivity contribution in [2.45, 2.75) is 52.5 Å². The molecule has 0 unspecified atom stereocenters. The van der Waals surface area contributed by atoms with E-state index in [-0.39, 0.29) is 0 Å². The molecule has 1 heterocycles. The number of Topliss-reactive ketones (excluding diaryl/α,β-unsaturated/α-hetero) is 1. The maximum atomic E-state index is 11.4. The molecule has 3 nitrogen and oxygen atoms in total. The summed E-state index contributed by atoms with van der Waals surface area (Å²) in [4.78, 5) is 16.1. The highest BCUT2D eigenvalue weighted by molar-refractivity contribution is 5.78. The van der Waals surface area contributed by atoms with E-state index in [1.807, 2.05) is 19.1 Å². The molecule has 0 saturated heterocycles. The van der Waals surface area contributed by atoms with E-state index >= 15 is 0 Å². The Hall–Kier alpha value is -1.64. The number of hydrogen-bond acceptors (Lipinski definition) is 2. The van der Waals surface area contributed by atoms with Gasteiger partial charge in [0.25, 0.3) is 0 Å². The molecule has 1 aromatic heterocycles. The molecule has 0 N–H and O–H groups in total. The van der Waals surface area contributed by atoms with Gasteiger partial charge in [-0.2, -0.15) is 0 Å². The Kier molecular flexibility index (Phi) is 4.72. The number of carbonyl (C=O) groups excluding carboxylic acids is 1. The van der Waals surface area contributed by atoms with E-state index in [9.17, 15) is 4.79 Å². The number of nitrogens with zero attached hydrogens (tertiary/aromatic N) is 2. The Labute approximate surface area is 114 Å². The van der Waals surface area contributed by atoms with Crippen molar-refractivity contribution in [1.29, 1.82) is 0 Å². The van der Waals surface area contributed by atoms with Crippen molar-refractivity contribution in [2.24, 2.45) is 0 Å². The molecule has 0 aliphatic heterocycles. The highest BCUT2D eigenvalue weighted by atomic mass is 16.1. The molecule has 0 amide bonds. The molecule has 2 aromatic rings. The van der Waals surface area contributed by atoms with Crippen LogP contribution in [0.4, 0.5) is 0 Å². The maximum Gasteiger partial charge on any atom is 0.132 e. The maximum absolute atomic E-state index is 11.4. The van der Waals surface area contributed by atoms with Crippen LogP contribution in [0.1, 0.15) is 45.4 Å². The van der Waals surface area contributed by atoms with Gasteiger partial charge >= 0.3 is 0 Å². The highest BCUT2D eigenvalue weighted by Gasteiger charge is 2.09. The number of imidazole rings is 1. The van der Waals surface area contributed by atoms with Gasteiger partial charge in [0.15, 0.2) is 0 Å². The average molecular weight is 258 g/mol. The molecule has 19 heavy (non-hydrogen) atoms. The SMILES string of the molecule is CCCc1nc2ccccc2n1CCCC(=O)CC. The molecule has 0 radical (unpaired) electrons. The molecule has 0 aliphatic rings. The summed E-state index contributed by atoms with van der Waals surface area (Å²) >= 11 is 0. The number of hydrogen-bond donors (Lipinski definition) is 0. The topological polar surface area (TPSA) is 34.9 Å². The van der Waals surface area contributed by atoms with Crippen molar-refractivity contribution in [1.82, 2.24) is 9.55 Å². The smallest absolute Gasteiger partial charge is 0.132 e. The molecule has 0 spiro atoms. The van der Waals surface area contributed by atoms with Gasteiger partial charge < -0.3 is 4.57 Å². The Morgan fingerprint density at radius 3 is 2.79 bits per heavy atom. The summed E-state index contributed by atoms with van der Waals surface area (Å²) in [5, 5.41) is 0. The monoisotopic (exact) mass is 258 g/mol. The first kappa shape index (κ1) is 13.8. The predicted molar refractivity (Wildman–Crippen MR) is 78.3 cm³/mol. The molecule has 0 saturated carbocycles. The van der Waals surface area contributed by atoms with Crippen LogP contribution in [0.2, 0.25) is 0 Å². The molecule has 1 aromatic carbocycles. The van der Waals surface area contributed by atoms with Crippen molar-refractivity contribution in [3.63, 3.8) is 0 Å². The molecular formula is C16H22N2O. The Bertz CT molecular complexity index is 557. The summed E-state index contributed by atoms with van der Waals surface area (Å²) in [7, 11) is 0. The second kappa shape index (κ2) is 6.50. The zero-order valence-electron chi connectivity index (χ0n) is 11.9. The van der Waals surface area contributed by atoms with Crippen molar-refractivity contribution in [2.75, 3.05) is 0 Å². The Morgan fingerprint density at radius 2 is 2.05 bits per heavy atom. The number of carbonyl (C=O) groups is 1. The van der Waals surface area contributed by atoms with E-state index in [1.54, 1.807) is 0 Å². The molecular weight excluding hydrogens is 236 g/mol. The lowest BCUT2D eigenvalue weighted by Gasteiger charge is -2.08. The summed E-state index contributed by atoms with van der Waals surface area (Å²) in [6.45, 7) is 4.99. The van der Waals surface area contributed by atoms with Crippen molar-refractivity contribution in [3.05, 3.63) is 30.1 Å². The zero-order chi connectivity index (χ0) is 13.7. The van der Waals surface area contributed by atoms with E-state index in [0.717, 1.165) is 37.1 Å². The third-order valence-corrected chi connectivity index (χ3v) is 3.44. The lowest BCUT2D eigenvalue weighted by Crippen LogP contribution is -2.06. The molecule has 0 atom stereocenters. The minimum Gasteiger partial charge on any atom is -0.328 e. The molecule has 0 bridgehead atoms. The van der Waals surface area contributed by atoms with Gasteiger partial charge in [-0.05, 0) is 25.0 Å². The highest BCUT2D eigenvalue weighted by Crippen LogP contribution is 2.18. The first-order valence-electron chi connectivity index (χ1n) is 7.22. The third-order valence-electron chi connectivity index (χ3n) is 3.44. The zero-order valence-corrected chi connectivity index (χ0v) is 11.9. The first-order valence-corrected chi connectivity index (χ1v) is 7.22. The minimum absolute atomic E-state index is 0.349. The van der Waals surface area contributed by atoms with Crippen LogP contribution in [0.15, 0.2) is 24.3 Å². The number of fused-ring (bicyclic) bond motifs is 1. The summed E-state index contributed by atoms with van der Waals surface area (Å²) in [5.74, 6) is 1.49. The lowest BCUT2D eigenvalue weighted by atomic mass is 10.2. The lowest BCUT2D eigenvalue weighted by molar-refractivity contribution is -0.118. The molecule has 102 valence electrons. The van der Waals surface area contributed by atoms with Gasteiger partial charge in [-0.25, -0.2) is 4.98 Å². The van der Waals surface area contributed by atoms with Crippen LogP contribution in [0.5, 0.6) is 0 Å². The van der Waals surface area contributed by atoms with Gasteiger partial charge in [0.1, 0.15) is 11.6 Å². The molecule has 0 fully saturated rings. The number of rotatable bonds is 7. The summed E-state index contributed by atoms with van der Waals surface area (Å²) in [6, 6.07) is 8.24. The standard InChI is InChI=1S/C16H22N2O/c1-3-8-16-17-14-10-5-6-11-15(14)18(16)12-7-9-13(19)4-2/h5-6,10-11H,3-4,7-9,12H2,1-2H3. The van der Waals surface area contributed by atoms with E-state index in [0.29, 0.717) is 18.6 Å². The largest absolute Gasteiger partial charge is 0.328 e. The van der Waals surface area contributed by atoms with Crippen LogP contribution >= 0.6 is 0 Å². The Balaban J connectivity index is 2.18. The van der Waals surface area contributed by atoms with Gasteiger partial charge in [0.05, 0.1) is 11.0 Å². The summed E-state index contributed by atoms with van der Waals surface area (Å²) < 4.78 is 2.28. The number of para-hydroxylation sites is 2. The molecule has 0 aliphatic carbocycles. The second-order valence-electron chi connectivity index (χ2n) is 4.91. The molecule has 2 rings (SSSR count). The van der Waals surface area contributed by atoms with Crippen LogP contribution in [0, 0.1) is 0 Å². The third kappa shape index (κ3) is 3.22. The number of benzene rings is 1. The van der Waals surface area contributed by atoms with E-state index < -0.39 is 0 Å².